The lowest BCUT2D eigenvalue weighted by Crippen LogP contribution is -2.56. The van der Waals surface area contributed by atoms with Crippen molar-refractivity contribution in [3.05, 3.63) is 0 Å². The Bertz CT molecular complexity index is 279. The van der Waals surface area contributed by atoms with E-state index in [1.807, 2.05) is 0 Å². The maximum absolute atomic E-state index is 12.3. The highest BCUT2D eigenvalue weighted by molar-refractivity contribution is 6.21. The minimum Gasteiger partial charge on any atom is -0.374 e. The first-order valence-electron chi connectivity index (χ1n) is 5.62. The Morgan fingerprint density at radius 1 is 1.16 bits per heavy atom. The van der Waals surface area contributed by atoms with E-state index in [2.05, 4.69) is 4.74 Å². The average molecular weight is 315 g/mol. The summed E-state index contributed by atoms with van der Waals surface area (Å²) < 4.78 is 83.0. The SMILES string of the molecule is CCCOC1C(Cl)CC1OC(C(F)(F)F)C(F)(F)F. The standard InChI is InChI=1S/C10H13ClF6O2/c1-2-3-18-7-5(11)4-6(7)19-8(9(12,13)14)10(15,16)17/h5-8H,2-4H2,1H3. The summed E-state index contributed by atoms with van der Waals surface area (Å²) in [4.78, 5) is 0. The molecular formula is C10H13ClF6O2. The van der Waals surface area contributed by atoms with Crippen molar-refractivity contribution >= 4 is 11.6 Å². The van der Waals surface area contributed by atoms with E-state index in [1.54, 1.807) is 6.92 Å². The molecule has 19 heavy (non-hydrogen) atoms. The maximum Gasteiger partial charge on any atom is 0.423 e. The first-order chi connectivity index (χ1) is 8.57. The fourth-order valence-corrected chi connectivity index (χ4v) is 2.05. The fourth-order valence-electron chi connectivity index (χ4n) is 1.64. The molecule has 1 fully saturated rings. The van der Waals surface area contributed by atoms with Crippen LogP contribution in [0, 0.1) is 0 Å². The largest absolute Gasteiger partial charge is 0.423 e. The molecule has 3 atom stereocenters. The van der Waals surface area contributed by atoms with Crippen molar-refractivity contribution < 1.29 is 35.8 Å². The average Bonchev–Trinajstić information content (AvgIpc) is 2.20. The van der Waals surface area contributed by atoms with Gasteiger partial charge in [-0.05, 0) is 12.8 Å². The van der Waals surface area contributed by atoms with Gasteiger partial charge in [0.25, 0.3) is 0 Å². The van der Waals surface area contributed by atoms with Gasteiger partial charge < -0.3 is 9.47 Å². The van der Waals surface area contributed by atoms with E-state index in [0.29, 0.717) is 6.42 Å². The second kappa shape index (κ2) is 6.05. The first-order valence-corrected chi connectivity index (χ1v) is 6.05. The normalized spacial score (nSPS) is 28.6. The van der Waals surface area contributed by atoms with Crippen LogP contribution in [0.2, 0.25) is 0 Å². The highest BCUT2D eigenvalue weighted by Gasteiger charge is 2.60. The monoisotopic (exact) mass is 314 g/mol. The van der Waals surface area contributed by atoms with Crippen LogP contribution < -0.4 is 0 Å². The van der Waals surface area contributed by atoms with Gasteiger partial charge in [-0.1, -0.05) is 6.92 Å². The Hall–Kier alpha value is -0.210. The molecule has 0 saturated heterocycles. The third kappa shape index (κ3) is 4.39. The fraction of sp³-hybridized carbons (Fsp3) is 1.00. The Labute approximate surface area is 111 Å². The van der Waals surface area contributed by atoms with Crippen LogP contribution in [0.3, 0.4) is 0 Å². The topological polar surface area (TPSA) is 18.5 Å². The lowest BCUT2D eigenvalue weighted by Gasteiger charge is -2.42. The molecule has 114 valence electrons. The van der Waals surface area contributed by atoms with E-state index < -0.39 is 36.0 Å². The van der Waals surface area contributed by atoms with Crippen molar-refractivity contribution in [3.8, 4) is 0 Å². The smallest absolute Gasteiger partial charge is 0.374 e. The van der Waals surface area contributed by atoms with Gasteiger partial charge in [0.05, 0.1) is 11.5 Å². The summed E-state index contributed by atoms with van der Waals surface area (Å²) in [6, 6.07) is 0. The zero-order valence-corrected chi connectivity index (χ0v) is 10.6. The molecule has 9 heteroatoms. The van der Waals surface area contributed by atoms with Gasteiger partial charge >= 0.3 is 12.4 Å². The van der Waals surface area contributed by atoms with Crippen molar-refractivity contribution in [1.82, 2.24) is 0 Å². The predicted molar refractivity (Wildman–Crippen MR) is 55.1 cm³/mol. The number of ether oxygens (including phenoxy) is 2. The summed E-state index contributed by atoms with van der Waals surface area (Å²) in [5.74, 6) is 0. The Balaban J connectivity index is 2.65. The molecule has 2 nitrogen and oxygen atoms in total. The molecule has 1 rings (SSSR count). The van der Waals surface area contributed by atoms with Crippen molar-refractivity contribution in [2.45, 2.75) is 55.8 Å². The highest BCUT2D eigenvalue weighted by Crippen LogP contribution is 2.41. The van der Waals surface area contributed by atoms with E-state index in [-0.39, 0.29) is 13.0 Å². The molecule has 0 N–H and O–H groups in total. The zero-order valence-electron chi connectivity index (χ0n) is 9.89. The number of hydrogen-bond acceptors (Lipinski definition) is 2. The van der Waals surface area contributed by atoms with E-state index in [1.165, 1.54) is 0 Å². The van der Waals surface area contributed by atoms with E-state index in [4.69, 9.17) is 16.3 Å². The van der Waals surface area contributed by atoms with Gasteiger partial charge in [-0.25, -0.2) is 0 Å². The zero-order chi connectivity index (χ0) is 14.8. The van der Waals surface area contributed by atoms with Crippen LogP contribution in [0.5, 0.6) is 0 Å². The molecule has 0 bridgehead atoms. The second-order valence-electron chi connectivity index (χ2n) is 4.22. The van der Waals surface area contributed by atoms with Crippen LogP contribution in [-0.2, 0) is 9.47 Å². The van der Waals surface area contributed by atoms with Gasteiger partial charge in [0.1, 0.15) is 6.10 Å². The summed E-state index contributed by atoms with van der Waals surface area (Å²) in [6.07, 6.45) is -16.6. The number of halogens is 7. The molecule has 0 radical (unpaired) electrons. The van der Waals surface area contributed by atoms with Gasteiger partial charge in [-0.3, -0.25) is 0 Å². The second-order valence-corrected chi connectivity index (χ2v) is 4.79. The lowest BCUT2D eigenvalue weighted by molar-refractivity contribution is -0.343. The Morgan fingerprint density at radius 3 is 2.05 bits per heavy atom. The summed E-state index contributed by atoms with van der Waals surface area (Å²) >= 11 is 5.69. The molecule has 0 heterocycles. The van der Waals surface area contributed by atoms with Gasteiger partial charge in [0, 0.05) is 6.61 Å². The first kappa shape index (κ1) is 16.8. The molecule has 0 aliphatic heterocycles. The van der Waals surface area contributed by atoms with Crippen molar-refractivity contribution in [3.63, 3.8) is 0 Å². The van der Waals surface area contributed by atoms with Crippen LogP contribution in [0.4, 0.5) is 26.3 Å². The Morgan fingerprint density at radius 2 is 1.68 bits per heavy atom. The molecule has 0 aromatic carbocycles. The summed E-state index contributed by atoms with van der Waals surface area (Å²) in [7, 11) is 0. The van der Waals surface area contributed by atoms with Crippen LogP contribution in [0.15, 0.2) is 0 Å². The third-order valence-corrected chi connectivity index (χ3v) is 3.03. The third-order valence-electron chi connectivity index (χ3n) is 2.60. The summed E-state index contributed by atoms with van der Waals surface area (Å²) in [5, 5.41) is -0.626. The van der Waals surface area contributed by atoms with Crippen molar-refractivity contribution in [1.29, 1.82) is 0 Å². The molecule has 1 aliphatic rings. The number of alkyl halides is 7. The minimum absolute atomic E-state index is 0.0986. The van der Waals surface area contributed by atoms with Crippen LogP contribution in [0.1, 0.15) is 19.8 Å². The molecule has 0 spiro atoms. The van der Waals surface area contributed by atoms with Gasteiger partial charge in [0.2, 0.25) is 6.10 Å². The molecule has 0 aromatic heterocycles. The quantitative estimate of drug-likeness (QED) is 0.569. The van der Waals surface area contributed by atoms with E-state index in [0.717, 1.165) is 0 Å². The number of hydrogen-bond donors (Lipinski definition) is 0. The summed E-state index contributed by atoms with van der Waals surface area (Å²) in [6.45, 7) is 1.96. The van der Waals surface area contributed by atoms with Crippen LogP contribution in [0.25, 0.3) is 0 Å². The van der Waals surface area contributed by atoms with Gasteiger partial charge in [0.15, 0.2) is 0 Å². The molecule has 0 amide bonds. The van der Waals surface area contributed by atoms with Crippen molar-refractivity contribution in [2.24, 2.45) is 0 Å². The van der Waals surface area contributed by atoms with Gasteiger partial charge in [-0.15, -0.1) is 11.6 Å². The predicted octanol–water partition coefficient (Wildman–Crippen LogP) is 3.67. The lowest BCUT2D eigenvalue weighted by atomic mass is 9.90. The maximum atomic E-state index is 12.3. The van der Waals surface area contributed by atoms with Crippen LogP contribution in [-0.4, -0.2) is 42.6 Å². The Kier molecular flexibility index (Phi) is 5.36. The molecule has 1 aliphatic carbocycles. The van der Waals surface area contributed by atoms with E-state index in [9.17, 15) is 26.3 Å². The molecule has 3 unspecified atom stereocenters. The molecule has 0 aromatic rings. The van der Waals surface area contributed by atoms with E-state index >= 15 is 0 Å². The highest BCUT2D eigenvalue weighted by atomic mass is 35.5. The molecule has 1 saturated carbocycles. The molecular weight excluding hydrogens is 302 g/mol. The summed E-state index contributed by atoms with van der Waals surface area (Å²) in [5.41, 5.74) is 0. The number of rotatable bonds is 5. The van der Waals surface area contributed by atoms with Crippen LogP contribution >= 0.6 is 11.6 Å². The van der Waals surface area contributed by atoms with Gasteiger partial charge in [-0.2, -0.15) is 26.3 Å². The minimum atomic E-state index is -5.51. The van der Waals surface area contributed by atoms with Crippen molar-refractivity contribution in [2.75, 3.05) is 6.61 Å².